The van der Waals surface area contributed by atoms with Crippen molar-refractivity contribution >= 4 is 17.5 Å². The van der Waals surface area contributed by atoms with Crippen LogP contribution in [0.15, 0.2) is 36.4 Å². The lowest BCUT2D eigenvalue weighted by atomic mass is 10.1. The number of halogens is 1. The molecule has 0 saturated carbocycles. The molecule has 0 unspecified atom stereocenters. The van der Waals surface area contributed by atoms with E-state index in [0.29, 0.717) is 55.1 Å². The molecule has 132 valence electrons. The van der Waals surface area contributed by atoms with Gasteiger partial charge >= 0.3 is 0 Å². The van der Waals surface area contributed by atoms with E-state index >= 15 is 0 Å². The number of fused-ring (bicyclic) bond motifs is 1. The number of ether oxygens (including phenoxy) is 3. The topological polar surface area (TPSA) is 56.8 Å². The summed E-state index contributed by atoms with van der Waals surface area (Å²) in [7, 11) is 0. The first-order valence-electron chi connectivity index (χ1n) is 8.20. The molecule has 0 radical (unpaired) electrons. The molecule has 3 rings (SSSR count). The van der Waals surface area contributed by atoms with Crippen LogP contribution in [0.3, 0.4) is 0 Å². The third-order valence-corrected chi connectivity index (χ3v) is 4.09. The van der Waals surface area contributed by atoms with Gasteiger partial charge in [-0.25, -0.2) is 0 Å². The Labute approximate surface area is 151 Å². The van der Waals surface area contributed by atoms with Crippen LogP contribution in [0.4, 0.5) is 0 Å². The number of benzene rings is 2. The second kappa shape index (κ2) is 8.23. The SMILES string of the molecule is CCOCc1ccc(CNC(=O)c2cc(Cl)c3c(c2)OCCO3)cc1. The van der Waals surface area contributed by atoms with Gasteiger partial charge in [-0.1, -0.05) is 35.9 Å². The van der Waals surface area contributed by atoms with Gasteiger partial charge in [-0.15, -0.1) is 0 Å². The summed E-state index contributed by atoms with van der Waals surface area (Å²) in [5, 5.41) is 3.26. The van der Waals surface area contributed by atoms with Gasteiger partial charge in [0.15, 0.2) is 11.5 Å². The summed E-state index contributed by atoms with van der Waals surface area (Å²) in [6, 6.07) is 11.2. The van der Waals surface area contributed by atoms with Gasteiger partial charge < -0.3 is 19.5 Å². The predicted octanol–water partition coefficient (Wildman–Crippen LogP) is 3.58. The van der Waals surface area contributed by atoms with E-state index in [1.807, 2.05) is 31.2 Å². The van der Waals surface area contributed by atoms with Gasteiger partial charge in [0.1, 0.15) is 13.2 Å². The van der Waals surface area contributed by atoms with Gasteiger partial charge in [0, 0.05) is 18.7 Å². The maximum absolute atomic E-state index is 12.4. The van der Waals surface area contributed by atoms with Crippen molar-refractivity contribution < 1.29 is 19.0 Å². The molecule has 2 aromatic rings. The largest absolute Gasteiger partial charge is 0.486 e. The quantitative estimate of drug-likeness (QED) is 0.854. The van der Waals surface area contributed by atoms with E-state index < -0.39 is 0 Å². The van der Waals surface area contributed by atoms with Crippen molar-refractivity contribution in [3.63, 3.8) is 0 Å². The molecule has 25 heavy (non-hydrogen) atoms. The van der Waals surface area contributed by atoms with Gasteiger partial charge in [-0.05, 0) is 30.2 Å². The minimum absolute atomic E-state index is 0.211. The Bertz CT molecular complexity index is 746. The number of carbonyl (C=O) groups is 1. The van der Waals surface area contributed by atoms with E-state index in [0.717, 1.165) is 11.1 Å². The van der Waals surface area contributed by atoms with Crippen molar-refractivity contribution in [2.75, 3.05) is 19.8 Å². The normalized spacial score (nSPS) is 12.7. The van der Waals surface area contributed by atoms with Gasteiger partial charge in [0.05, 0.1) is 11.6 Å². The molecule has 6 heteroatoms. The molecule has 1 aliphatic rings. The molecule has 0 fully saturated rings. The third kappa shape index (κ3) is 4.44. The first-order chi connectivity index (χ1) is 12.2. The van der Waals surface area contributed by atoms with Crippen molar-refractivity contribution in [1.29, 1.82) is 0 Å². The summed E-state index contributed by atoms with van der Waals surface area (Å²) < 4.78 is 16.3. The Morgan fingerprint density at radius 2 is 1.88 bits per heavy atom. The highest BCUT2D eigenvalue weighted by molar-refractivity contribution is 6.32. The molecule has 5 nitrogen and oxygen atoms in total. The summed E-state index contributed by atoms with van der Waals surface area (Å²) in [6.45, 7) is 4.59. The average Bonchev–Trinajstić information content (AvgIpc) is 2.65. The minimum atomic E-state index is -0.211. The molecule has 0 atom stereocenters. The average molecular weight is 362 g/mol. The molecular formula is C19H20ClNO4. The van der Waals surface area contributed by atoms with Gasteiger partial charge in [0.2, 0.25) is 0 Å². The fourth-order valence-electron chi connectivity index (χ4n) is 2.50. The Morgan fingerprint density at radius 1 is 1.16 bits per heavy atom. The minimum Gasteiger partial charge on any atom is -0.486 e. The van der Waals surface area contributed by atoms with E-state index in [2.05, 4.69) is 5.32 Å². The van der Waals surface area contributed by atoms with Crippen molar-refractivity contribution in [1.82, 2.24) is 5.32 Å². The van der Waals surface area contributed by atoms with Crippen molar-refractivity contribution in [3.05, 3.63) is 58.1 Å². The van der Waals surface area contributed by atoms with Crippen molar-refractivity contribution in [2.24, 2.45) is 0 Å². The van der Waals surface area contributed by atoms with Crippen LogP contribution in [-0.2, 0) is 17.9 Å². The lowest BCUT2D eigenvalue weighted by Gasteiger charge is -2.20. The lowest BCUT2D eigenvalue weighted by molar-refractivity contribution is 0.0949. The zero-order valence-corrected chi connectivity index (χ0v) is 14.8. The summed E-state index contributed by atoms with van der Waals surface area (Å²) in [5.41, 5.74) is 2.56. The number of carbonyl (C=O) groups excluding carboxylic acids is 1. The Kier molecular flexibility index (Phi) is 5.79. The van der Waals surface area contributed by atoms with E-state index in [1.165, 1.54) is 0 Å². The third-order valence-electron chi connectivity index (χ3n) is 3.81. The molecule has 1 aliphatic heterocycles. The summed E-state index contributed by atoms with van der Waals surface area (Å²) >= 11 is 6.17. The second-order valence-corrected chi connectivity index (χ2v) is 6.03. The van der Waals surface area contributed by atoms with E-state index in [9.17, 15) is 4.79 Å². The number of nitrogens with one attached hydrogen (secondary N) is 1. The molecule has 1 N–H and O–H groups in total. The van der Waals surface area contributed by atoms with Crippen LogP contribution < -0.4 is 14.8 Å². The van der Waals surface area contributed by atoms with Crippen LogP contribution in [0, 0.1) is 0 Å². The molecule has 0 aliphatic carbocycles. The van der Waals surface area contributed by atoms with Gasteiger partial charge in [0.25, 0.3) is 5.91 Å². The molecule has 0 saturated heterocycles. The number of rotatable bonds is 6. The van der Waals surface area contributed by atoms with Crippen LogP contribution in [0.5, 0.6) is 11.5 Å². The fourth-order valence-corrected chi connectivity index (χ4v) is 2.76. The van der Waals surface area contributed by atoms with E-state index in [-0.39, 0.29) is 5.91 Å². The van der Waals surface area contributed by atoms with Crippen LogP contribution in [-0.4, -0.2) is 25.7 Å². The molecule has 0 bridgehead atoms. The van der Waals surface area contributed by atoms with Crippen LogP contribution in [0.1, 0.15) is 28.4 Å². The molecule has 0 aromatic heterocycles. The first kappa shape index (κ1) is 17.6. The summed E-state index contributed by atoms with van der Waals surface area (Å²) in [4.78, 5) is 12.4. The number of hydrogen-bond donors (Lipinski definition) is 1. The van der Waals surface area contributed by atoms with Crippen LogP contribution >= 0.6 is 11.6 Å². The summed E-state index contributed by atoms with van der Waals surface area (Å²) in [5.74, 6) is 0.788. The fraction of sp³-hybridized carbons (Fsp3) is 0.316. The lowest BCUT2D eigenvalue weighted by Crippen LogP contribution is -2.23. The smallest absolute Gasteiger partial charge is 0.251 e. The van der Waals surface area contributed by atoms with Gasteiger partial charge in [-0.2, -0.15) is 0 Å². The highest BCUT2D eigenvalue weighted by Gasteiger charge is 2.19. The van der Waals surface area contributed by atoms with Crippen molar-refractivity contribution in [2.45, 2.75) is 20.1 Å². The number of amides is 1. The van der Waals surface area contributed by atoms with Crippen LogP contribution in [0.2, 0.25) is 5.02 Å². The van der Waals surface area contributed by atoms with Gasteiger partial charge in [-0.3, -0.25) is 4.79 Å². The zero-order chi connectivity index (χ0) is 17.6. The van der Waals surface area contributed by atoms with E-state index in [4.69, 9.17) is 25.8 Å². The molecule has 1 amide bonds. The number of hydrogen-bond acceptors (Lipinski definition) is 4. The molecular weight excluding hydrogens is 342 g/mol. The highest BCUT2D eigenvalue weighted by Crippen LogP contribution is 2.38. The monoisotopic (exact) mass is 361 g/mol. The van der Waals surface area contributed by atoms with Crippen LogP contribution in [0.25, 0.3) is 0 Å². The zero-order valence-electron chi connectivity index (χ0n) is 14.0. The maximum Gasteiger partial charge on any atom is 0.251 e. The summed E-state index contributed by atoms with van der Waals surface area (Å²) in [6.07, 6.45) is 0. The van der Waals surface area contributed by atoms with E-state index in [1.54, 1.807) is 12.1 Å². The standard InChI is InChI=1S/C19H20ClNO4/c1-2-23-12-14-5-3-13(4-6-14)11-21-19(22)15-9-16(20)18-17(10-15)24-7-8-25-18/h3-6,9-10H,2,7-8,11-12H2,1H3,(H,21,22). The van der Waals surface area contributed by atoms with Crippen molar-refractivity contribution in [3.8, 4) is 11.5 Å². The first-order valence-corrected chi connectivity index (χ1v) is 8.58. The molecule has 2 aromatic carbocycles. The Balaban J connectivity index is 1.62. The maximum atomic E-state index is 12.4. The Morgan fingerprint density at radius 3 is 2.64 bits per heavy atom. The molecule has 1 heterocycles. The molecule has 0 spiro atoms. The second-order valence-electron chi connectivity index (χ2n) is 5.62. The Hall–Kier alpha value is -2.24. The predicted molar refractivity (Wildman–Crippen MR) is 95.4 cm³/mol. The highest BCUT2D eigenvalue weighted by atomic mass is 35.5.